The van der Waals surface area contributed by atoms with Gasteiger partial charge in [0, 0.05) is 27.0 Å². The predicted molar refractivity (Wildman–Crippen MR) is 211 cm³/mol. The van der Waals surface area contributed by atoms with Gasteiger partial charge in [-0.1, -0.05) is 102 Å². The van der Waals surface area contributed by atoms with Crippen molar-refractivity contribution in [1.29, 1.82) is 0 Å². The molecule has 0 bridgehead atoms. The highest BCUT2D eigenvalue weighted by Crippen LogP contribution is 2.28. The summed E-state index contributed by atoms with van der Waals surface area (Å²) in [6, 6.07) is 46.2. The fraction of sp³-hybridized carbons (Fsp3) is 0.0476. The lowest BCUT2D eigenvalue weighted by atomic mass is 10.1. The van der Waals surface area contributed by atoms with Gasteiger partial charge in [-0.05, 0) is 83.4 Å². The number of amides is 2. The molecule has 8 rings (SSSR count). The molecule has 0 saturated carbocycles. The summed E-state index contributed by atoms with van der Waals surface area (Å²) < 4.78 is 3.67. The maximum Gasteiger partial charge on any atom is 0.244 e. The quantitative estimate of drug-likeness (QED) is 0.163. The number of rotatable bonds is 8. The van der Waals surface area contributed by atoms with Crippen molar-refractivity contribution in [3.05, 3.63) is 168 Å². The molecule has 0 aliphatic carbocycles. The molecule has 10 heteroatoms. The molecule has 0 fully saturated rings. The average Bonchev–Trinajstić information content (AvgIpc) is 3.76. The first-order chi connectivity index (χ1) is 25.4. The molecule has 8 nitrogen and oxygen atoms in total. The Bertz CT molecular complexity index is 2490. The zero-order valence-electron chi connectivity index (χ0n) is 27.8. The molecule has 0 spiro atoms. The topological polar surface area (TPSA) is 93.8 Å². The van der Waals surface area contributed by atoms with Crippen molar-refractivity contribution in [2.45, 2.75) is 13.1 Å². The molecule has 0 saturated heterocycles. The van der Waals surface area contributed by atoms with Gasteiger partial charge in [-0.2, -0.15) is 0 Å². The van der Waals surface area contributed by atoms with Gasteiger partial charge in [0.25, 0.3) is 0 Å². The van der Waals surface area contributed by atoms with Gasteiger partial charge in [-0.15, -0.1) is 0 Å². The second-order valence-electron chi connectivity index (χ2n) is 12.0. The van der Waals surface area contributed by atoms with Gasteiger partial charge in [0.1, 0.15) is 13.1 Å². The highest BCUT2D eigenvalue weighted by atomic mass is 35.5. The van der Waals surface area contributed by atoms with Crippen molar-refractivity contribution in [1.82, 2.24) is 19.1 Å². The summed E-state index contributed by atoms with van der Waals surface area (Å²) in [5.74, 6) is -0.192. The van der Waals surface area contributed by atoms with E-state index >= 15 is 0 Å². The second kappa shape index (κ2) is 15.8. The van der Waals surface area contributed by atoms with Crippen molar-refractivity contribution in [2.24, 2.45) is 0 Å². The molecule has 0 aliphatic heterocycles. The summed E-state index contributed by atoms with van der Waals surface area (Å²) in [5.41, 5.74) is 9.21. The number of carbonyl (C=O) groups is 2. The standard InChI is InChI=1S/2C21H16ClN3O/c22-17-5-3-4-16(12-17)15-8-10-18(11-9-15)24-21(26)13-25-14-23-19-6-1-2-7-20(19)25;22-18-6-2-1-5-17(18)15-9-11-16(12-10-15)24-21(26)13-25-14-23-19-7-3-4-8-20(19)25/h2*1-12,14H,13H2,(H,24,26). The summed E-state index contributed by atoms with van der Waals surface area (Å²) >= 11 is 12.3. The lowest BCUT2D eigenvalue weighted by Crippen LogP contribution is -2.18. The van der Waals surface area contributed by atoms with E-state index in [0.717, 1.165) is 55.7 Å². The van der Waals surface area contributed by atoms with Crippen LogP contribution in [0.15, 0.2) is 158 Å². The van der Waals surface area contributed by atoms with E-state index < -0.39 is 0 Å². The first-order valence-electron chi connectivity index (χ1n) is 16.5. The van der Waals surface area contributed by atoms with E-state index in [1.54, 1.807) is 12.7 Å². The Kier molecular flexibility index (Phi) is 10.4. The normalized spacial score (nSPS) is 10.8. The molecule has 2 aromatic heterocycles. The molecular formula is C42H32Cl2N6O2. The number of para-hydroxylation sites is 4. The van der Waals surface area contributed by atoms with Gasteiger partial charge in [0.15, 0.2) is 0 Å². The SMILES string of the molecule is O=C(Cn1cnc2ccccc21)Nc1ccc(-c2cccc(Cl)c2)cc1.O=C(Cn1cnc2ccccc21)Nc1ccc(-c2ccccc2Cl)cc1. The fourth-order valence-electron chi connectivity index (χ4n) is 5.83. The zero-order valence-corrected chi connectivity index (χ0v) is 29.3. The van der Waals surface area contributed by atoms with Crippen LogP contribution in [-0.4, -0.2) is 30.9 Å². The van der Waals surface area contributed by atoms with Gasteiger partial charge in [0.05, 0.1) is 34.7 Å². The van der Waals surface area contributed by atoms with Crippen LogP contribution in [0.5, 0.6) is 0 Å². The van der Waals surface area contributed by atoms with Gasteiger partial charge in [-0.25, -0.2) is 9.97 Å². The van der Waals surface area contributed by atoms with Crippen LogP contribution in [0, 0.1) is 0 Å². The van der Waals surface area contributed by atoms with E-state index in [2.05, 4.69) is 20.6 Å². The molecule has 0 unspecified atom stereocenters. The van der Waals surface area contributed by atoms with Gasteiger partial charge in [-0.3, -0.25) is 9.59 Å². The molecule has 2 N–H and O–H groups in total. The van der Waals surface area contributed by atoms with E-state index in [0.29, 0.717) is 10.0 Å². The Morgan fingerprint density at radius 3 is 1.56 bits per heavy atom. The van der Waals surface area contributed by atoms with Gasteiger partial charge >= 0.3 is 0 Å². The molecular weight excluding hydrogens is 691 g/mol. The third-order valence-corrected chi connectivity index (χ3v) is 8.93. The molecule has 0 radical (unpaired) electrons. The van der Waals surface area contributed by atoms with Crippen molar-refractivity contribution >= 4 is 68.5 Å². The number of anilines is 2. The zero-order chi connectivity index (χ0) is 35.9. The molecule has 2 amide bonds. The number of fused-ring (bicyclic) bond motifs is 2. The third kappa shape index (κ3) is 8.21. The number of benzene rings is 6. The van der Waals surface area contributed by atoms with Crippen molar-refractivity contribution < 1.29 is 9.59 Å². The van der Waals surface area contributed by atoms with Crippen LogP contribution in [0.1, 0.15) is 0 Å². The molecule has 256 valence electrons. The number of nitrogens with one attached hydrogen (secondary N) is 2. The number of carbonyl (C=O) groups excluding carboxylic acids is 2. The number of hydrogen-bond acceptors (Lipinski definition) is 4. The van der Waals surface area contributed by atoms with Crippen molar-refractivity contribution in [3.8, 4) is 22.3 Å². The van der Waals surface area contributed by atoms with E-state index in [4.69, 9.17) is 23.2 Å². The molecule has 2 heterocycles. The Balaban J connectivity index is 0.000000162. The number of aromatic nitrogens is 4. The highest BCUT2D eigenvalue weighted by Gasteiger charge is 2.10. The predicted octanol–water partition coefficient (Wildman–Crippen LogP) is 9.99. The second-order valence-corrected chi connectivity index (χ2v) is 12.8. The molecule has 8 aromatic rings. The van der Waals surface area contributed by atoms with Crippen LogP contribution >= 0.6 is 23.2 Å². The number of nitrogens with zero attached hydrogens (tertiary/aromatic N) is 4. The molecule has 6 aromatic carbocycles. The lowest BCUT2D eigenvalue weighted by Gasteiger charge is -2.09. The molecule has 52 heavy (non-hydrogen) atoms. The van der Waals surface area contributed by atoms with E-state index in [-0.39, 0.29) is 24.9 Å². The van der Waals surface area contributed by atoms with Crippen LogP contribution in [0.4, 0.5) is 11.4 Å². The Morgan fingerprint density at radius 1 is 0.519 bits per heavy atom. The van der Waals surface area contributed by atoms with Crippen molar-refractivity contribution in [3.63, 3.8) is 0 Å². The van der Waals surface area contributed by atoms with Crippen LogP contribution in [0.25, 0.3) is 44.3 Å². The third-order valence-electron chi connectivity index (χ3n) is 8.36. The molecule has 0 aliphatic rings. The van der Waals surface area contributed by atoms with Gasteiger partial charge in [0.2, 0.25) is 11.8 Å². The minimum Gasteiger partial charge on any atom is -0.325 e. The van der Waals surface area contributed by atoms with Crippen LogP contribution in [-0.2, 0) is 22.7 Å². The summed E-state index contributed by atoms with van der Waals surface area (Å²) in [6.45, 7) is 0.434. The molecule has 0 atom stereocenters. The number of imidazole rings is 2. The maximum atomic E-state index is 12.4. The lowest BCUT2D eigenvalue weighted by molar-refractivity contribution is -0.117. The minimum absolute atomic E-state index is 0.0938. The highest BCUT2D eigenvalue weighted by molar-refractivity contribution is 6.33. The summed E-state index contributed by atoms with van der Waals surface area (Å²) in [6.07, 6.45) is 3.37. The Labute approximate surface area is 310 Å². The minimum atomic E-state index is -0.0985. The van der Waals surface area contributed by atoms with Crippen molar-refractivity contribution in [2.75, 3.05) is 10.6 Å². The monoisotopic (exact) mass is 722 g/mol. The summed E-state index contributed by atoms with van der Waals surface area (Å²) in [7, 11) is 0. The average molecular weight is 724 g/mol. The summed E-state index contributed by atoms with van der Waals surface area (Å²) in [4.78, 5) is 33.3. The first-order valence-corrected chi connectivity index (χ1v) is 17.3. The van der Waals surface area contributed by atoms with E-state index in [1.165, 1.54) is 0 Å². The fourth-order valence-corrected chi connectivity index (χ4v) is 6.26. The van der Waals surface area contributed by atoms with Crippen LogP contribution < -0.4 is 10.6 Å². The maximum absolute atomic E-state index is 12.4. The van der Waals surface area contributed by atoms with Crippen LogP contribution in [0.2, 0.25) is 10.0 Å². The van der Waals surface area contributed by atoms with E-state index in [9.17, 15) is 9.59 Å². The first kappa shape index (κ1) is 34.2. The van der Waals surface area contributed by atoms with E-state index in [1.807, 2.05) is 155 Å². The smallest absolute Gasteiger partial charge is 0.244 e. The summed E-state index contributed by atoms with van der Waals surface area (Å²) in [5, 5.41) is 7.25. The Hall–Kier alpha value is -6.22. The number of halogens is 2. The Morgan fingerprint density at radius 2 is 1.02 bits per heavy atom. The van der Waals surface area contributed by atoms with Gasteiger partial charge < -0.3 is 19.8 Å². The largest absolute Gasteiger partial charge is 0.325 e. The van der Waals surface area contributed by atoms with Crippen LogP contribution in [0.3, 0.4) is 0 Å². The number of hydrogen-bond donors (Lipinski definition) is 2.